The minimum absolute atomic E-state index is 0.0256. The summed E-state index contributed by atoms with van der Waals surface area (Å²) in [4.78, 5) is 27.5. The number of halogens is 4. The first-order valence-electron chi connectivity index (χ1n) is 11.3. The molecular weight excluding hydrogens is 592 g/mol. The van der Waals surface area contributed by atoms with Crippen molar-refractivity contribution in [3.05, 3.63) is 91.9 Å². The number of aryl methyl sites for hydroxylation is 1. The predicted molar refractivity (Wildman–Crippen MR) is 153 cm³/mol. The van der Waals surface area contributed by atoms with Crippen LogP contribution >= 0.6 is 46.4 Å². The molecule has 0 saturated carbocycles. The van der Waals surface area contributed by atoms with Gasteiger partial charge in [-0.3, -0.25) is 13.9 Å². The number of benzene rings is 3. The molecule has 0 saturated heterocycles. The second-order valence-electron chi connectivity index (χ2n) is 8.51. The van der Waals surface area contributed by atoms with Crippen molar-refractivity contribution in [3.63, 3.8) is 0 Å². The Morgan fingerprint density at radius 3 is 2.05 bits per heavy atom. The number of carbonyl (C=O) groups is 2. The van der Waals surface area contributed by atoms with Gasteiger partial charge in [0.15, 0.2) is 0 Å². The van der Waals surface area contributed by atoms with Crippen LogP contribution in [0.4, 0.5) is 5.69 Å². The van der Waals surface area contributed by atoms with Gasteiger partial charge in [0.2, 0.25) is 11.8 Å². The number of sulfonamides is 1. The van der Waals surface area contributed by atoms with Gasteiger partial charge in [-0.15, -0.1) is 0 Å². The Morgan fingerprint density at radius 1 is 0.895 bits per heavy atom. The van der Waals surface area contributed by atoms with E-state index in [2.05, 4.69) is 5.32 Å². The van der Waals surface area contributed by atoms with Crippen LogP contribution in [0, 0.1) is 6.92 Å². The second kappa shape index (κ2) is 12.6. The van der Waals surface area contributed by atoms with E-state index in [4.69, 9.17) is 46.4 Å². The number of hydrogen-bond donors (Lipinski definition) is 1. The molecule has 0 aliphatic heterocycles. The summed E-state index contributed by atoms with van der Waals surface area (Å²) in [7, 11) is -2.79. The van der Waals surface area contributed by atoms with Crippen molar-refractivity contribution < 1.29 is 18.0 Å². The van der Waals surface area contributed by atoms with Gasteiger partial charge in [-0.25, -0.2) is 8.42 Å². The highest BCUT2D eigenvalue weighted by molar-refractivity contribution is 7.92. The summed E-state index contributed by atoms with van der Waals surface area (Å²) >= 11 is 24.5. The number of carbonyl (C=O) groups excluding carboxylic acids is 2. The summed E-state index contributed by atoms with van der Waals surface area (Å²) in [5, 5.41) is 3.51. The normalized spacial score (nSPS) is 12.1. The van der Waals surface area contributed by atoms with E-state index in [1.54, 1.807) is 37.3 Å². The maximum Gasteiger partial charge on any atom is 0.264 e. The van der Waals surface area contributed by atoms with Crippen LogP contribution in [0.5, 0.6) is 0 Å². The Labute approximate surface area is 242 Å². The number of likely N-dealkylation sites (N-methyl/N-ethyl adjacent to an activating group) is 1. The molecule has 0 bridgehead atoms. The molecule has 0 unspecified atom stereocenters. The molecule has 38 heavy (non-hydrogen) atoms. The van der Waals surface area contributed by atoms with Crippen molar-refractivity contribution in [2.24, 2.45) is 0 Å². The SMILES string of the molecule is CNC(=O)[C@H](C)N(Cc1ccc(Cl)c(Cl)c1)C(=O)CN(c1cc(Cl)cc(Cl)c1)S(=O)(=O)c1ccc(C)cc1. The standard InChI is InChI=1S/C26H25Cl4N3O4S/c1-16-4-7-22(8-5-16)38(36,37)33(21-12-19(27)11-20(28)13-21)15-25(34)32(17(2)26(35)31-3)14-18-6-9-23(29)24(30)10-18/h4-13,17H,14-15H2,1-3H3,(H,31,35)/t17-/m0/s1. The van der Waals surface area contributed by atoms with Gasteiger partial charge in [0.1, 0.15) is 12.6 Å². The van der Waals surface area contributed by atoms with Gasteiger partial charge in [-0.2, -0.15) is 0 Å². The third-order valence-corrected chi connectivity index (χ3v) is 8.74. The fourth-order valence-corrected chi connectivity index (χ4v) is 5.91. The zero-order chi connectivity index (χ0) is 28.2. The van der Waals surface area contributed by atoms with E-state index in [9.17, 15) is 18.0 Å². The van der Waals surface area contributed by atoms with E-state index < -0.39 is 34.4 Å². The average molecular weight is 617 g/mol. The van der Waals surface area contributed by atoms with Gasteiger partial charge in [0, 0.05) is 23.6 Å². The summed E-state index contributed by atoms with van der Waals surface area (Å²) in [6.07, 6.45) is 0. The summed E-state index contributed by atoms with van der Waals surface area (Å²) in [6, 6.07) is 14.4. The van der Waals surface area contributed by atoms with Crippen molar-refractivity contribution in [3.8, 4) is 0 Å². The van der Waals surface area contributed by atoms with Gasteiger partial charge in [0.05, 0.1) is 20.6 Å². The Balaban J connectivity index is 2.07. The summed E-state index contributed by atoms with van der Waals surface area (Å²) in [5.41, 5.74) is 1.56. The predicted octanol–water partition coefficient (Wildman–Crippen LogP) is 5.97. The maximum atomic E-state index is 13.8. The van der Waals surface area contributed by atoms with Crippen LogP contribution in [0.3, 0.4) is 0 Å². The molecule has 3 rings (SSSR count). The second-order valence-corrected chi connectivity index (χ2v) is 12.1. The summed E-state index contributed by atoms with van der Waals surface area (Å²) < 4.78 is 28.5. The molecule has 0 radical (unpaired) electrons. The monoisotopic (exact) mass is 615 g/mol. The molecule has 7 nitrogen and oxygen atoms in total. The smallest absolute Gasteiger partial charge is 0.264 e. The third kappa shape index (κ3) is 7.12. The fraction of sp³-hybridized carbons (Fsp3) is 0.231. The van der Waals surface area contributed by atoms with Crippen LogP contribution in [0.2, 0.25) is 20.1 Å². The number of anilines is 1. The molecular formula is C26H25Cl4N3O4S. The van der Waals surface area contributed by atoms with Crippen molar-refractivity contribution in [2.45, 2.75) is 31.3 Å². The van der Waals surface area contributed by atoms with Crippen molar-refractivity contribution in [1.82, 2.24) is 10.2 Å². The van der Waals surface area contributed by atoms with Gasteiger partial charge < -0.3 is 10.2 Å². The lowest BCUT2D eigenvalue weighted by Crippen LogP contribution is -2.50. The number of amides is 2. The summed E-state index contributed by atoms with van der Waals surface area (Å²) in [5.74, 6) is -1.07. The largest absolute Gasteiger partial charge is 0.357 e. The maximum absolute atomic E-state index is 13.8. The van der Waals surface area contributed by atoms with E-state index in [0.717, 1.165) is 9.87 Å². The Hall–Kier alpha value is -2.49. The van der Waals surface area contributed by atoms with Crippen LogP contribution in [0.15, 0.2) is 65.6 Å². The Bertz CT molecular complexity index is 1430. The topological polar surface area (TPSA) is 86.8 Å². The van der Waals surface area contributed by atoms with E-state index in [0.29, 0.717) is 10.6 Å². The van der Waals surface area contributed by atoms with E-state index in [1.807, 2.05) is 6.92 Å². The van der Waals surface area contributed by atoms with Crippen molar-refractivity contribution in [2.75, 3.05) is 17.9 Å². The quantitative estimate of drug-likeness (QED) is 0.321. The molecule has 0 aliphatic carbocycles. The third-order valence-electron chi connectivity index (χ3n) is 5.77. The van der Waals surface area contributed by atoms with Crippen LogP contribution in [-0.4, -0.2) is 44.8 Å². The lowest BCUT2D eigenvalue weighted by Gasteiger charge is -2.32. The van der Waals surface area contributed by atoms with Crippen molar-refractivity contribution >= 4 is 73.9 Å². The zero-order valence-corrected chi connectivity index (χ0v) is 24.6. The summed E-state index contributed by atoms with van der Waals surface area (Å²) in [6.45, 7) is 2.72. The van der Waals surface area contributed by atoms with Crippen molar-refractivity contribution in [1.29, 1.82) is 0 Å². The molecule has 1 N–H and O–H groups in total. The molecule has 0 spiro atoms. The lowest BCUT2D eigenvalue weighted by atomic mass is 10.1. The number of hydrogen-bond acceptors (Lipinski definition) is 4. The molecule has 0 fully saturated rings. The van der Waals surface area contributed by atoms with Gasteiger partial charge in [-0.1, -0.05) is 70.2 Å². The number of nitrogens with one attached hydrogen (secondary N) is 1. The van der Waals surface area contributed by atoms with Crippen LogP contribution in [-0.2, 0) is 26.2 Å². The average Bonchev–Trinajstić information content (AvgIpc) is 2.86. The number of nitrogens with zero attached hydrogens (tertiary/aromatic N) is 2. The molecule has 202 valence electrons. The van der Waals surface area contributed by atoms with Gasteiger partial charge in [0.25, 0.3) is 10.0 Å². The molecule has 0 heterocycles. The van der Waals surface area contributed by atoms with E-state index >= 15 is 0 Å². The highest BCUT2D eigenvalue weighted by atomic mass is 35.5. The Kier molecular flexibility index (Phi) is 9.95. The minimum Gasteiger partial charge on any atom is -0.357 e. The zero-order valence-electron chi connectivity index (χ0n) is 20.7. The molecule has 2 amide bonds. The number of rotatable bonds is 9. The molecule has 0 aromatic heterocycles. The van der Waals surface area contributed by atoms with E-state index in [1.165, 1.54) is 42.3 Å². The van der Waals surface area contributed by atoms with Crippen LogP contribution < -0.4 is 9.62 Å². The van der Waals surface area contributed by atoms with Crippen LogP contribution in [0.25, 0.3) is 0 Å². The lowest BCUT2D eigenvalue weighted by molar-refractivity contribution is -0.139. The highest BCUT2D eigenvalue weighted by Gasteiger charge is 2.32. The molecule has 3 aromatic rings. The first-order chi connectivity index (χ1) is 17.8. The molecule has 1 atom stereocenters. The van der Waals surface area contributed by atoms with E-state index in [-0.39, 0.29) is 32.2 Å². The minimum atomic E-state index is -4.24. The van der Waals surface area contributed by atoms with Crippen LogP contribution in [0.1, 0.15) is 18.1 Å². The fourth-order valence-electron chi connectivity index (χ4n) is 3.68. The first kappa shape index (κ1) is 30.1. The Morgan fingerprint density at radius 2 is 1.50 bits per heavy atom. The van der Waals surface area contributed by atoms with Gasteiger partial charge in [-0.05, 0) is 61.9 Å². The highest BCUT2D eigenvalue weighted by Crippen LogP contribution is 2.30. The van der Waals surface area contributed by atoms with Gasteiger partial charge >= 0.3 is 0 Å². The molecule has 3 aromatic carbocycles. The molecule has 0 aliphatic rings. The molecule has 12 heteroatoms. The first-order valence-corrected chi connectivity index (χ1v) is 14.3.